The second-order valence-electron chi connectivity index (χ2n) is 7.19. The van der Waals surface area contributed by atoms with E-state index in [1.165, 1.54) is 11.3 Å². The molecule has 0 amide bonds. The van der Waals surface area contributed by atoms with Crippen LogP contribution >= 0.6 is 22.9 Å². The summed E-state index contributed by atoms with van der Waals surface area (Å²) in [6.45, 7) is 1.83. The van der Waals surface area contributed by atoms with E-state index in [-0.39, 0.29) is 6.04 Å². The molecule has 2 heterocycles. The molecule has 0 bridgehead atoms. The average Bonchev–Trinajstić information content (AvgIpc) is 3.38. The third kappa shape index (κ3) is 3.76. The highest BCUT2D eigenvalue weighted by Crippen LogP contribution is 2.33. The Bertz CT molecular complexity index is 1100. The first-order chi connectivity index (χ1) is 13.3. The molecule has 1 fully saturated rings. The summed E-state index contributed by atoms with van der Waals surface area (Å²) in [5, 5.41) is 3.45. The minimum Gasteiger partial charge on any atom is -0.345 e. The van der Waals surface area contributed by atoms with Crippen molar-refractivity contribution < 1.29 is 8.42 Å². The van der Waals surface area contributed by atoms with E-state index in [9.17, 15) is 8.42 Å². The third-order valence-corrected chi connectivity index (χ3v) is 8.07. The Labute approximate surface area is 174 Å². The highest BCUT2D eigenvalue weighted by molar-refractivity contribution is 7.89. The van der Waals surface area contributed by atoms with Crippen LogP contribution in [0.2, 0.25) is 5.02 Å². The highest BCUT2D eigenvalue weighted by Gasteiger charge is 2.27. The maximum Gasteiger partial charge on any atom is 0.242 e. The topological polar surface area (TPSA) is 64.0 Å². The van der Waals surface area contributed by atoms with E-state index in [1.807, 2.05) is 48.2 Å². The Kier molecular flexibility index (Phi) is 5.35. The first kappa shape index (κ1) is 19.6. The van der Waals surface area contributed by atoms with E-state index in [0.717, 1.165) is 47.6 Å². The standard InChI is InChI=1S/C20H22ClN3O2S2/c1-13-19(28(25,26)23-16-5-3-4-6-16)11-18(24(13)2)20-22-17(12-27-20)14-7-9-15(21)10-8-14/h7-12,16,23H,3-6H2,1-2H3. The zero-order chi connectivity index (χ0) is 19.9. The van der Waals surface area contributed by atoms with Gasteiger partial charge in [0.05, 0.1) is 11.4 Å². The van der Waals surface area contributed by atoms with Crippen LogP contribution in [0.3, 0.4) is 0 Å². The van der Waals surface area contributed by atoms with Crippen molar-refractivity contribution >= 4 is 33.0 Å². The number of rotatable bonds is 5. The Morgan fingerprint density at radius 3 is 2.57 bits per heavy atom. The number of hydrogen-bond acceptors (Lipinski definition) is 4. The maximum atomic E-state index is 12.9. The first-order valence-electron chi connectivity index (χ1n) is 9.25. The van der Waals surface area contributed by atoms with Crippen LogP contribution in [0.5, 0.6) is 0 Å². The number of halogens is 1. The Balaban J connectivity index is 1.66. The molecule has 148 valence electrons. The molecule has 1 aliphatic carbocycles. The number of benzene rings is 1. The van der Waals surface area contributed by atoms with Crippen LogP contribution in [0.25, 0.3) is 22.0 Å². The van der Waals surface area contributed by atoms with Crippen molar-refractivity contribution in [3.8, 4) is 22.0 Å². The number of aromatic nitrogens is 2. The molecule has 1 aromatic carbocycles. The van der Waals surface area contributed by atoms with Gasteiger partial charge in [-0.15, -0.1) is 11.3 Å². The average molecular weight is 436 g/mol. The summed E-state index contributed by atoms with van der Waals surface area (Å²) in [6, 6.07) is 9.31. The van der Waals surface area contributed by atoms with Crippen LogP contribution in [-0.4, -0.2) is 24.0 Å². The zero-order valence-corrected chi connectivity index (χ0v) is 18.2. The predicted octanol–water partition coefficient (Wildman–Crippen LogP) is 5.00. The van der Waals surface area contributed by atoms with Gasteiger partial charge in [-0.2, -0.15) is 0 Å². The third-order valence-electron chi connectivity index (χ3n) is 5.32. The van der Waals surface area contributed by atoms with Gasteiger partial charge in [-0.05, 0) is 38.0 Å². The molecule has 3 aromatic rings. The molecular weight excluding hydrogens is 414 g/mol. The van der Waals surface area contributed by atoms with Crippen molar-refractivity contribution in [3.05, 3.63) is 46.4 Å². The molecule has 5 nitrogen and oxygen atoms in total. The summed E-state index contributed by atoms with van der Waals surface area (Å²) in [6.07, 6.45) is 3.99. The summed E-state index contributed by atoms with van der Waals surface area (Å²) < 4.78 is 30.6. The van der Waals surface area contributed by atoms with Crippen molar-refractivity contribution in [2.75, 3.05) is 0 Å². The van der Waals surface area contributed by atoms with Crippen molar-refractivity contribution in [2.45, 2.75) is 43.5 Å². The molecule has 0 spiro atoms. The fourth-order valence-electron chi connectivity index (χ4n) is 3.62. The van der Waals surface area contributed by atoms with Crippen LogP contribution in [0.15, 0.2) is 40.6 Å². The van der Waals surface area contributed by atoms with Crippen molar-refractivity contribution in [3.63, 3.8) is 0 Å². The largest absolute Gasteiger partial charge is 0.345 e. The van der Waals surface area contributed by atoms with Crippen LogP contribution in [0, 0.1) is 6.92 Å². The van der Waals surface area contributed by atoms with E-state index < -0.39 is 10.0 Å². The van der Waals surface area contributed by atoms with Gasteiger partial charge in [-0.3, -0.25) is 0 Å². The van der Waals surface area contributed by atoms with Crippen molar-refractivity contribution in [1.82, 2.24) is 14.3 Å². The van der Waals surface area contributed by atoms with Gasteiger partial charge in [0.2, 0.25) is 10.0 Å². The summed E-state index contributed by atoms with van der Waals surface area (Å²) in [5.41, 5.74) is 3.34. The molecule has 0 atom stereocenters. The number of nitrogens with zero attached hydrogens (tertiary/aromatic N) is 2. The molecule has 0 unspecified atom stereocenters. The highest BCUT2D eigenvalue weighted by atomic mass is 35.5. The minimum atomic E-state index is -3.54. The summed E-state index contributed by atoms with van der Waals surface area (Å²) >= 11 is 7.46. The van der Waals surface area contributed by atoms with Crippen molar-refractivity contribution in [2.24, 2.45) is 7.05 Å². The van der Waals surface area contributed by atoms with Gasteiger partial charge in [0.25, 0.3) is 0 Å². The molecule has 4 rings (SSSR count). The Morgan fingerprint density at radius 1 is 1.21 bits per heavy atom. The Morgan fingerprint density at radius 2 is 1.89 bits per heavy atom. The second kappa shape index (κ2) is 7.63. The van der Waals surface area contributed by atoms with Gasteiger partial charge in [0.1, 0.15) is 9.90 Å². The van der Waals surface area contributed by atoms with E-state index in [2.05, 4.69) is 4.72 Å². The molecular formula is C20H22ClN3O2S2. The lowest BCUT2D eigenvalue weighted by molar-refractivity contribution is 0.551. The fraction of sp³-hybridized carbons (Fsp3) is 0.350. The smallest absolute Gasteiger partial charge is 0.242 e. The monoisotopic (exact) mass is 435 g/mol. The van der Waals surface area contributed by atoms with E-state index in [4.69, 9.17) is 16.6 Å². The predicted molar refractivity (Wildman–Crippen MR) is 114 cm³/mol. The molecule has 1 saturated carbocycles. The fourth-order valence-corrected chi connectivity index (χ4v) is 6.22. The van der Waals surface area contributed by atoms with Crippen molar-refractivity contribution in [1.29, 1.82) is 0 Å². The van der Waals surface area contributed by atoms with E-state index in [0.29, 0.717) is 15.6 Å². The lowest BCUT2D eigenvalue weighted by atomic mass is 10.2. The lowest BCUT2D eigenvalue weighted by Gasteiger charge is -2.12. The molecule has 8 heteroatoms. The Hall–Kier alpha value is -1.67. The van der Waals surface area contributed by atoms with Gasteiger partial charge in [-0.1, -0.05) is 36.6 Å². The SMILES string of the molecule is Cc1c(S(=O)(=O)NC2CCCC2)cc(-c2nc(-c3ccc(Cl)cc3)cs2)n1C. The molecule has 1 N–H and O–H groups in total. The second-order valence-corrected chi connectivity index (χ2v) is 10.2. The van der Waals surface area contributed by atoms with Gasteiger partial charge in [0, 0.05) is 34.7 Å². The van der Waals surface area contributed by atoms with Gasteiger partial charge in [-0.25, -0.2) is 18.1 Å². The molecule has 28 heavy (non-hydrogen) atoms. The molecule has 0 radical (unpaired) electrons. The quantitative estimate of drug-likeness (QED) is 0.613. The van der Waals surface area contributed by atoms with Crippen LogP contribution in [-0.2, 0) is 17.1 Å². The summed E-state index contributed by atoms with van der Waals surface area (Å²) in [5.74, 6) is 0. The molecule has 2 aromatic heterocycles. The maximum absolute atomic E-state index is 12.9. The van der Waals surface area contributed by atoms with Crippen LogP contribution in [0.1, 0.15) is 31.4 Å². The van der Waals surface area contributed by atoms with E-state index in [1.54, 1.807) is 6.07 Å². The van der Waals surface area contributed by atoms with Gasteiger partial charge in [0.15, 0.2) is 0 Å². The summed E-state index contributed by atoms with van der Waals surface area (Å²) in [4.78, 5) is 5.05. The minimum absolute atomic E-state index is 0.0458. The first-order valence-corrected chi connectivity index (χ1v) is 12.0. The normalized spacial score (nSPS) is 15.4. The van der Waals surface area contributed by atoms with Crippen LogP contribution in [0.4, 0.5) is 0 Å². The van der Waals surface area contributed by atoms with Crippen LogP contribution < -0.4 is 4.72 Å². The summed E-state index contributed by atoms with van der Waals surface area (Å²) in [7, 11) is -1.67. The number of nitrogens with one attached hydrogen (secondary N) is 1. The molecule has 1 aliphatic rings. The number of sulfonamides is 1. The van der Waals surface area contributed by atoms with Gasteiger partial charge < -0.3 is 4.57 Å². The zero-order valence-electron chi connectivity index (χ0n) is 15.8. The lowest BCUT2D eigenvalue weighted by Crippen LogP contribution is -2.32. The number of thiazole rings is 1. The number of hydrogen-bond donors (Lipinski definition) is 1. The van der Waals surface area contributed by atoms with E-state index >= 15 is 0 Å². The molecule has 0 aliphatic heterocycles. The van der Waals surface area contributed by atoms with Gasteiger partial charge >= 0.3 is 0 Å². The molecule has 0 saturated heterocycles.